The summed E-state index contributed by atoms with van der Waals surface area (Å²) in [7, 11) is -3.88. The van der Waals surface area contributed by atoms with Gasteiger partial charge >= 0.3 is 0 Å². The first-order valence-corrected chi connectivity index (χ1v) is 8.69. The van der Waals surface area contributed by atoms with Crippen LogP contribution in [0.4, 0.5) is 17.1 Å². The van der Waals surface area contributed by atoms with Crippen molar-refractivity contribution in [2.24, 2.45) is 0 Å². The summed E-state index contributed by atoms with van der Waals surface area (Å²) in [5.74, 6) is 0. The molecule has 2 aromatic carbocycles. The summed E-state index contributed by atoms with van der Waals surface area (Å²) in [5, 5.41) is 11.3. The van der Waals surface area contributed by atoms with Gasteiger partial charge in [0.25, 0.3) is 15.7 Å². The largest absolute Gasteiger partial charge is 0.398 e. The maximum absolute atomic E-state index is 12.4. The number of pyridine rings is 1. The highest BCUT2D eigenvalue weighted by atomic mass is 35.5. The topological polar surface area (TPSA) is 128 Å². The highest BCUT2D eigenvalue weighted by Gasteiger charge is 2.16. The molecule has 3 rings (SSSR count). The van der Waals surface area contributed by atoms with Gasteiger partial charge in [0.1, 0.15) is 0 Å². The lowest BCUT2D eigenvalue weighted by Crippen LogP contribution is -2.13. The summed E-state index contributed by atoms with van der Waals surface area (Å²) in [6.07, 6.45) is 0. The molecule has 26 heavy (non-hydrogen) atoms. The number of nitrogens with one attached hydrogen (secondary N) is 1. The number of rotatable bonds is 4. The fraction of sp³-hybridized carbons (Fsp3) is 0.0625. The molecule has 0 saturated heterocycles. The molecule has 0 aliphatic rings. The number of non-ortho nitro benzene ring substituents is 1. The van der Waals surface area contributed by atoms with Gasteiger partial charge in [-0.3, -0.25) is 19.8 Å². The number of nitrogens with two attached hydrogens (primary N) is 1. The number of fused-ring (bicyclic) bond motifs is 1. The fourth-order valence-electron chi connectivity index (χ4n) is 2.41. The zero-order valence-corrected chi connectivity index (χ0v) is 15.2. The zero-order chi connectivity index (χ0) is 18.2. The summed E-state index contributed by atoms with van der Waals surface area (Å²) in [6, 6.07) is 11.2. The molecule has 1 heterocycles. The molecule has 3 N–H and O–H groups in total. The molecular formula is C16H15ClN4O4S. The van der Waals surface area contributed by atoms with Gasteiger partial charge in [-0.05, 0) is 43.3 Å². The van der Waals surface area contributed by atoms with E-state index in [-0.39, 0.29) is 23.0 Å². The Hall–Kier alpha value is -2.91. The molecule has 0 saturated carbocycles. The van der Waals surface area contributed by atoms with E-state index < -0.39 is 14.9 Å². The minimum absolute atomic E-state index is 0. The normalized spacial score (nSPS) is 11.0. The number of halogens is 1. The van der Waals surface area contributed by atoms with Crippen molar-refractivity contribution in [2.45, 2.75) is 11.8 Å². The fourth-order valence-corrected chi connectivity index (χ4v) is 3.46. The number of hydrogen-bond donors (Lipinski definition) is 2. The van der Waals surface area contributed by atoms with Gasteiger partial charge in [0.15, 0.2) is 0 Å². The van der Waals surface area contributed by atoms with E-state index in [4.69, 9.17) is 5.73 Å². The first-order chi connectivity index (χ1) is 11.8. The van der Waals surface area contributed by atoms with E-state index in [0.29, 0.717) is 22.3 Å². The van der Waals surface area contributed by atoms with Crippen molar-refractivity contribution in [1.29, 1.82) is 0 Å². The maximum atomic E-state index is 12.4. The molecule has 0 unspecified atom stereocenters. The number of hydrogen-bond acceptors (Lipinski definition) is 6. The quantitative estimate of drug-likeness (QED) is 0.516. The van der Waals surface area contributed by atoms with Gasteiger partial charge in [0, 0.05) is 34.6 Å². The van der Waals surface area contributed by atoms with Crippen LogP contribution in [0.25, 0.3) is 10.9 Å². The molecule has 0 amide bonds. The lowest BCUT2D eigenvalue weighted by atomic mass is 10.1. The van der Waals surface area contributed by atoms with Crippen molar-refractivity contribution < 1.29 is 13.3 Å². The van der Waals surface area contributed by atoms with Crippen LogP contribution in [0.2, 0.25) is 0 Å². The average Bonchev–Trinajstić information content (AvgIpc) is 2.55. The first-order valence-electron chi connectivity index (χ1n) is 7.20. The summed E-state index contributed by atoms with van der Waals surface area (Å²) >= 11 is 0. The molecule has 0 radical (unpaired) electrons. The Labute approximate surface area is 155 Å². The summed E-state index contributed by atoms with van der Waals surface area (Å²) in [5.41, 5.74) is 8.04. The molecule has 0 bridgehead atoms. The van der Waals surface area contributed by atoms with Gasteiger partial charge in [0.2, 0.25) is 0 Å². The number of benzene rings is 2. The number of sulfonamides is 1. The van der Waals surface area contributed by atoms with Crippen LogP contribution in [-0.4, -0.2) is 18.3 Å². The summed E-state index contributed by atoms with van der Waals surface area (Å²) in [4.78, 5) is 14.3. The van der Waals surface area contributed by atoms with E-state index in [2.05, 4.69) is 9.71 Å². The standard InChI is InChI=1S/C16H14N4O4S.ClH/c1-10-8-15(17)14-9-11(2-7-16(14)18-10)19-25(23,24)13-5-3-12(4-6-13)20(21)22;/h2-9,19H,1H3,(H2,17,18);1H. The molecule has 10 heteroatoms. The molecular weight excluding hydrogens is 380 g/mol. The second-order valence-electron chi connectivity index (χ2n) is 5.44. The van der Waals surface area contributed by atoms with E-state index >= 15 is 0 Å². The highest BCUT2D eigenvalue weighted by molar-refractivity contribution is 7.92. The molecule has 136 valence electrons. The number of aryl methyl sites for hydroxylation is 1. The Morgan fingerprint density at radius 3 is 2.38 bits per heavy atom. The third-order valence-electron chi connectivity index (χ3n) is 3.58. The van der Waals surface area contributed by atoms with Crippen molar-refractivity contribution in [3.63, 3.8) is 0 Å². The predicted molar refractivity (Wildman–Crippen MR) is 102 cm³/mol. The van der Waals surface area contributed by atoms with Crippen LogP contribution in [-0.2, 0) is 10.0 Å². The summed E-state index contributed by atoms with van der Waals surface area (Å²) in [6.45, 7) is 1.82. The third kappa shape index (κ3) is 3.84. The second-order valence-corrected chi connectivity index (χ2v) is 7.12. The minimum Gasteiger partial charge on any atom is -0.398 e. The van der Waals surface area contributed by atoms with Crippen LogP contribution in [0.1, 0.15) is 5.69 Å². The Kier molecular flexibility index (Phi) is 5.33. The van der Waals surface area contributed by atoms with E-state index in [0.717, 1.165) is 17.8 Å². The molecule has 3 aromatic rings. The SMILES string of the molecule is Cc1cc(N)c2cc(NS(=O)(=O)c3ccc([N+](=O)[O-])cc3)ccc2n1.Cl. The van der Waals surface area contributed by atoms with Crippen molar-refractivity contribution in [3.8, 4) is 0 Å². The monoisotopic (exact) mass is 394 g/mol. The zero-order valence-electron chi connectivity index (χ0n) is 13.5. The first kappa shape index (κ1) is 19.4. The van der Waals surface area contributed by atoms with Gasteiger partial charge in [-0.15, -0.1) is 12.4 Å². The number of nitrogens with zero attached hydrogens (tertiary/aromatic N) is 2. The van der Waals surface area contributed by atoms with E-state index in [1.165, 1.54) is 12.1 Å². The van der Waals surface area contributed by atoms with Crippen LogP contribution in [0.5, 0.6) is 0 Å². The lowest BCUT2D eigenvalue weighted by Gasteiger charge is -2.10. The van der Waals surface area contributed by atoms with Crippen LogP contribution >= 0.6 is 12.4 Å². The van der Waals surface area contributed by atoms with Gasteiger partial charge in [-0.1, -0.05) is 0 Å². The Balaban J connectivity index is 0.00000243. The van der Waals surface area contributed by atoms with Crippen LogP contribution in [0.3, 0.4) is 0 Å². The van der Waals surface area contributed by atoms with Gasteiger partial charge < -0.3 is 5.73 Å². The highest BCUT2D eigenvalue weighted by Crippen LogP contribution is 2.26. The van der Waals surface area contributed by atoms with Crippen molar-refractivity contribution >= 4 is 50.4 Å². The van der Waals surface area contributed by atoms with Crippen molar-refractivity contribution in [3.05, 3.63) is 64.3 Å². The molecule has 1 aromatic heterocycles. The Morgan fingerprint density at radius 2 is 1.77 bits per heavy atom. The van der Waals surface area contributed by atoms with Gasteiger partial charge in [0.05, 0.1) is 15.3 Å². The number of anilines is 2. The molecule has 0 fully saturated rings. The van der Waals surface area contributed by atoms with Crippen LogP contribution < -0.4 is 10.5 Å². The van der Waals surface area contributed by atoms with Crippen LogP contribution in [0, 0.1) is 17.0 Å². The van der Waals surface area contributed by atoms with Crippen molar-refractivity contribution in [2.75, 3.05) is 10.5 Å². The minimum atomic E-state index is -3.88. The molecule has 0 aliphatic heterocycles. The molecule has 0 spiro atoms. The smallest absolute Gasteiger partial charge is 0.269 e. The summed E-state index contributed by atoms with van der Waals surface area (Å²) < 4.78 is 27.3. The average molecular weight is 395 g/mol. The van der Waals surface area contributed by atoms with Crippen LogP contribution in [0.15, 0.2) is 53.4 Å². The van der Waals surface area contributed by atoms with E-state index in [1.54, 1.807) is 24.3 Å². The predicted octanol–water partition coefficient (Wildman–Crippen LogP) is 3.26. The number of nitrogen functional groups attached to an aromatic ring is 1. The molecule has 8 nitrogen and oxygen atoms in total. The van der Waals surface area contributed by atoms with E-state index in [9.17, 15) is 18.5 Å². The van der Waals surface area contributed by atoms with E-state index in [1.807, 2.05) is 6.92 Å². The number of nitro benzene ring substituents is 1. The van der Waals surface area contributed by atoms with Crippen molar-refractivity contribution in [1.82, 2.24) is 4.98 Å². The van der Waals surface area contributed by atoms with Gasteiger partial charge in [-0.2, -0.15) is 0 Å². The maximum Gasteiger partial charge on any atom is 0.269 e. The second kappa shape index (κ2) is 7.14. The lowest BCUT2D eigenvalue weighted by molar-refractivity contribution is -0.384. The Bertz CT molecular complexity index is 1090. The van der Waals surface area contributed by atoms with Gasteiger partial charge in [-0.25, -0.2) is 8.42 Å². The third-order valence-corrected chi connectivity index (χ3v) is 4.98. The number of nitro groups is 1. The molecule has 0 atom stereocenters. The Morgan fingerprint density at radius 1 is 1.12 bits per heavy atom. The number of aromatic nitrogens is 1. The molecule has 0 aliphatic carbocycles.